The van der Waals surface area contributed by atoms with Crippen molar-refractivity contribution in [2.75, 3.05) is 26.3 Å². The van der Waals surface area contributed by atoms with Crippen LogP contribution in [-0.4, -0.2) is 52.0 Å². The predicted molar refractivity (Wildman–Crippen MR) is 114 cm³/mol. The van der Waals surface area contributed by atoms with Gasteiger partial charge in [-0.3, -0.25) is 4.90 Å². The van der Waals surface area contributed by atoms with Crippen molar-refractivity contribution in [3.05, 3.63) is 42.2 Å². The lowest BCUT2D eigenvalue weighted by atomic mass is 10.1. The van der Waals surface area contributed by atoms with Crippen molar-refractivity contribution in [2.45, 2.75) is 57.7 Å². The zero-order chi connectivity index (χ0) is 20.5. The third kappa shape index (κ3) is 3.96. The van der Waals surface area contributed by atoms with E-state index in [1.54, 1.807) is 0 Å². The minimum atomic E-state index is 0.235. The highest BCUT2D eigenvalue weighted by molar-refractivity contribution is 5.86. The highest BCUT2D eigenvalue weighted by Gasteiger charge is 2.24. The Balaban J connectivity index is 1.20. The summed E-state index contributed by atoms with van der Waals surface area (Å²) in [5, 5.41) is 5.26. The molecule has 0 amide bonds. The van der Waals surface area contributed by atoms with Crippen LogP contribution in [0.2, 0.25) is 0 Å². The molecule has 0 saturated carbocycles. The number of ether oxygens (including phenoxy) is 2. The average molecular weight is 411 g/mol. The van der Waals surface area contributed by atoms with Crippen LogP contribution in [0.15, 0.2) is 35.0 Å². The van der Waals surface area contributed by atoms with Crippen molar-refractivity contribution < 1.29 is 14.0 Å². The molecule has 2 fully saturated rings. The normalized spacial score (nSPS) is 21.1. The van der Waals surface area contributed by atoms with Crippen molar-refractivity contribution in [1.29, 1.82) is 0 Å². The Hall–Kier alpha value is -2.38. The topological polar surface area (TPSA) is 65.5 Å². The first-order valence-electron chi connectivity index (χ1n) is 11.1. The third-order valence-corrected chi connectivity index (χ3v) is 6.21. The molecule has 5 rings (SSSR count). The Morgan fingerprint density at radius 3 is 2.77 bits per heavy atom. The van der Waals surface area contributed by atoms with Crippen LogP contribution in [0, 0.1) is 0 Å². The van der Waals surface area contributed by atoms with Gasteiger partial charge in [-0.2, -0.15) is 4.98 Å². The molecular weight excluding hydrogens is 380 g/mol. The van der Waals surface area contributed by atoms with Crippen molar-refractivity contribution in [2.24, 2.45) is 0 Å². The molecule has 0 radical (unpaired) electrons. The fraction of sp³-hybridized carbons (Fsp3) is 0.565. The number of fused-ring (bicyclic) bond motifs is 1. The smallest absolute Gasteiger partial charge is 0.240 e. The third-order valence-electron chi connectivity index (χ3n) is 6.21. The Kier molecular flexibility index (Phi) is 5.48. The minimum Gasteiger partial charge on any atom is -0.490 e. The molecule has 2 aromatic heterocycles. The number of piperidine rings is 1. The predicted octanol–water partition coefficient (Wildman–Crippen LogP) is 4.15. The molecule has 1 aromatic carbocycles. The van der Waals surface area contributed by atoms with Gasteiger partial charge >= 0.3 is 0 Å². The van der Waals surface area contributed by atoms with E-state index in [2.05, 4.69) is 63.9 Å². The van der Waals surface area contributed by atoms with E-state index in [-0.39, 0.29) is 6.10 Å². The van der Waals surface area contributed by atoms with E-state index in [0.717, 1.165) is 57.1 Å². The van der Waals surface area contributed by atoms with Gasteiger partial charge in [-0.15, -0.1) is 0 Å². The summed E-state index contributed by atoms with van der Waals surface area (Å²) in [6.07, 6.45) is 5.48. The number of nitrogens with zero attached hydrogens (tertiary/aromatic N) is 4. The molecule has 0 spiro atoms. The van der Waals surface area contributed by atoms with E-state index in [9.17, 15) is 0 Å². The molecular formula is C23H30N4O3. The van der Waals surface area contributed by atoms with Crippen LogP contribution >= 0.6 is 0 Å². The van der Waals surface area contributed by atoms with Gasteiger partial charge in [0.1, 0.15) is 11.9 Å². The maximum Gasteiger partial charge on any atom is 0.240 e. The Bertz CT molecular complexity index is 981. The zero-order valence-corrected chi connectivity index (χ0v) is 17.8. The first-order chi connectivity index (χ1) is 14.7. The highest BCUT2D eigenvalue weighted by atomic mass is 16.5. The van der Waals surface area contributed by atoms with Crippen molar-refractivity contribution in [3.63, 3.8) is 0 Å². The fourth-order valence-corrected chi connectivity index (χ4v) is 4.45. The monoisotopic (exact) mass is 410 g/mol. The van der Waals surface area contributed by atoms with E-state index in [1.807, 2.05) is 0 Å². The molecule has 2 saturated heterocycles. The molecule has 160 valence electrons. The molecule has 7 heteroatoms. The lowest BCUT2D eigenvalue weighted by molar-refractivity contribution is 0.0915. The number of rotatable bonds is 6. The number of benzene rings is 1. The van der Waals surface area contributed by atoms with E-state index >= 15 is 0 Å². The lowest BCUT2D eigenvalue weighted by Gasteiger charge is -2.31. The van der Waals surface area contributed by atoms with Crippen LogP contribution in [0.25, 0.3) is 10.9 Å². The minimum absolute atomic E-state index is 0.235. The Morgan fingerprint density at radius 2 is 2.03 bits per heavy atom. The zero-order valence-electron chi connectivity index (χ0n) is 17.8. The Morgan fingerprint density at radius 1 is 1.17 bits per heavy atom. The number of hydrogen-bond donors (Lipinski definition) is 0. The number of likely N-dealkylation sites (tertiary alicyclic amines) is 1. The standard InChI is InChI=1S/C23H30N4O3/c1-16(2)23-24-22(30-25-23)14-26-10-6-18(7-11-26)29-21-5-3-4-20-19(21)8-12-27(20)17-9-13-28-15-17/h3-5,8,12,16-18H,6-7,9-11,13-15H2,1-2H3. The van der Waals surface area contributed by atoms with Crippen LogP contribution in [0.5, 0.6) is 5.75 Å². The molecule has 1 unspecified atom stereocenters. The molecule has 0 N–H and O–H groups in total. The molecule has 1 atom stereocenters. The van der Waals surface area contributed by atoms with Gasteiger partial charge in [-0.1, -0.05) is 25.1 Å². The molecule has 4 heterocycles. The molecule has 2 aliphatic heterocycles. The number of aromatic nitrogens is 3. The number of hydrogen-bond acceptors (Lipinski definition) is 6. The van der Waals surface area contributed by atoms with E-state index in [1.165, 1.54) is 10.9 Å². The summed E-state index contributed by atoms with van der Waals surface area (Å²) in [4.78, 5) is 6.87. The summed E-state index contributed by atoms with van der Waals surface area (Å²) < 4.78 is 19.8. The van der Waals surface area contributed by atoms with E-state index < -0.39 is 0 Å². The maximum absolute atomic E-state index is 6.46. The van der Waals surface area contributed by atoms with Gasteiger partial charge in [0.2, 0.25) is 5.89 Å². The van der Waals surface area contributed by atoms with Gasteiger partial charge < -0.3 is 18.6 Å². The first-order valence-corrected chi connectivity index (χ1v) is 11.1. The second-order valence-corrected chi connectivity index (χ2v) is 8.72. The molecule has 2 aliphatic rings. The van der Waals surface area contributed by atoms with Crippen molar-refractivity contribution in [1.82, 2.24) is 19.6 Å². The van der Waals surface area contributed by atoms with Crippen LogP contribution in [-0.2, 0) is 11.3 Å². The molecule has 7 nitrogen and oxygen atoms in total. The maximum atomic E-state index is 6.46. The SMILES string of the molecule is CC(C)c1noc(CN2CCC(Oc3cccc4c3ccn4C3CCOC3)CC2)n1. The van der Waals surface area contributed by atoms with Crippen LogP contribution < -0.4 is 4.74 Å². The average Bonchev–Trinajstić information content (AvgIpc) is 3.50. The second kappa shape index (κ2) is 8.40. The molecule has 30 heavy (non-hydrogen) atoms. The summed E-state index contributed by atoms with van der Waals surface area (Å²) >= 11 is 0. The van der Waals surface area contributed by atoms with Crippen LogP contribution in [0.1, 0.15) is 56.8 Å². The van der Waals surface area contributed by atoms with E-state index in [0.29, 0.717) is 24.4 Å². The molecule has 3 aromatic rings. The summed E-state index contributed by atoms with van der Waals surface area (Å²) in [6, 6.07) is 8.98. The highest BCUT2D eigenvalue weighted by Crippen LogP contribution is 2.32. The fourth-order valence-electron chi connectivity index (χ4n) is 4.45. The summed E-state index contributed by atoms with van der Waals surface area (Å²) in [5.74, 6) is 2.77. The largest absolute Gasteiger partial charge is 0.490 e. The molecule has 0 bridgehead atoms. The molecule has 0 aliphatic carbocycles. The Labute approximate surface area is 176 Å². The van der Waals surface area contributed by atoms with E-state index in [4.69, 9.17) is 14.0 Å². The van der Waals surface area contributed by atoms with Crippen molar-refractivity contribution in [3.8, 4) is 5.75 Å². The van der Waals surface area contributed by atoms with Gasteiger partial charge in [0.25, 0.3) is 0 Å². The van der Waals surface area contributed by atoms with Gasteiger partial charge in [-0.05, 0) is 37.5 Å². The van der Waals surface area contributed by atoms with Gasteiger partial charge in [0.05, 0.1) is 24.7 Å². The summed E-state index contributed by atoms with van der Waals surface area (Å²) in [5.41, 5.74) is 1.23. The summed E-state index contributed by atoms with van der Waals surface area (Å²) in [7, 11) is 0. The quantitative estimate of drug-likeness (QED) is 0.608. The van der Waals surface area contributed by atoms with Crippen molar-refractivity contribution >= 4 is 10.9 Å². The lowest BCUT2D eigenvalue weighted by Crippen LogP contribution is -2.37. The van der Waals surface area contributed by atoms with Gasteiger partial charge in [-0.25, -0.2) is 0 Å². The van der Waals surface area contributed by atoms with Gasteiger partial charge in [0, 0.05) is 37.2 Å². The van der Waals surface area contributed by atoms with Crippen LogP contribution in [0.4, 0.5) is 0 Å². The summed E-state index contributed by atoms with van der Waals surface area (Å²) in [6.45, 7) is 8.46. The van der Waals surface area contributed by atoms with Crippen LogP contribution in [0.3, 0.4) is 0 Å². The second-order valence-electron chi connectivity index (χ2n) is 8.72. The first kappa shape index (κ1) is 19.6. The van der Waals surface area contributed by atoms with Gasteiger partial charge in [0.15, 0.2) is 5.82 Å².